The Morgan fingerprint density at radius 1 is 1.29 bits per heavy atom. The quantitative estimate of drug-likeness (QED) is 0.686. The number of aromatic hydroxyl groups is 1. The number of carbonyl (C=O) groups is 1. The van der Waals surface area contributed by atoms with E-state index < -0.39 is 0 Å². The molecule has 106 valence electrons. The van der Waals surface area contributed by atoms with E-state index in [0.717, 1.165) is 16.5 Å². The maximum Gasteiger partial charge on any atom is 0.269 e. The van der Waals surface area contributed by atoms with E-state index in [4.69, 9.17) is 0 Å². The topological polar surface area (TPSA) is 78.0 Å². The molecule has 0 saturated carbocycles. The molecular formula is C16H15N3O2. The number of nitrogens with one attached hydrogen (secondary N) is 2. The van der Waals surface area contributed by atoms with Gasteiger partial charge in [0.2, 0.25) is 0 Å². The fourth-order valence-electron chi connectivity index (χ4n) is 2.27. The van der Waals surface area contributed by atoms with Gasteiger partial charge in [-0.1, -0.05) is 6.07 Å². The van der Waals surface area contributed by atoms with Gasteiger partial charge in [-0.05, 0) is 42.3 Å². The minimum absolute atomic E-state index is 0.182. The molecule has 1 amide bonds. The number of rotatable bonds is 4. The molecule has 3 N–H and O–H groups in total. The van der Waals surface area contributed by atoms with Crippen molar-refractivity contribution >= 4 is 16.8 Å². The van der Waals surface area contributed by atoms with E-state index in [9.17, 15) is 9.90 Å². The molecule has 5 heteroatoms. The van der Waals surface area contributed by atoms with Crippen LogP contribution in [0.5, 0.6) is 5.75 Å². The number of benzene rings is 1. The van der Waals surface area contributed by atoms with Crippen LogP contribution in [0.4, 0.5) is 0 Å². The number of H-pyrrole nitrogens is 1. The van der Waals surface area contributed by atoms with Crippen LogP contribution in [0.25, 0.3) is 10.9 Å². The summed E-state index contributed by atoms with van der Waals surface area (Å²) in [5.41, 5.74) is 2.44. The average molecular weight is 281 g/mol. The Bertz CT molecular complexity index is 766. The van der Waals surface area contributed by atoms with Crippen molar-refractivity contribution in [1.29, 1.82) is 0 Å². The molecule has 0 aliphatic carbocycles. The second kappa shape index (κ2) is 5.66. The van der Waals surface area contributed by atoms with Gasteiger partial charge in [0.05, 0.1) is 0 Å². The Morgan fingerprint density at radius 3 is 3.00 bits per heavy atom. The lowest BCUT2D eigenvalue weighted by Gasteiger charge is -2.04. The number of aromatic nitrogens is 2. The lowest BCUT2D eigenvalue weighted by Crippen LogP contribution is -2.26. The zero-order valence-corrected chi connectivity index (χ0v) is 11.3. The average Bonchev–Trinajstić information content (AvgIpc) is 2.90. The van der Waals surface area contributed by atoms with E-state index in [2.05, 4.69) is 15.3 Å². The molecule has 0 unspecified atom stereocenters. The molecule has 0 spiro atoms. The van der Waals surface area contributed by atoms with Gasteiger partial charge in [-0.2, -0.15) is 0 Å². The zero-order chi connectivity index (χ0) is 14.7. The Labute approximate surface area is 121 Å². The van der Waals surface area contributed by atoms with E-state index >= 15 is 0 Å². The number of amides is 1. The van der Waals surface area contributed by atoms with Crippen LogP contribution < -0.4 is 5.32 Å². The van der Waals surface area contributed by atoms with Crippen LogP contribution in [-0.2, 0) is 6.42 Å². The van der Waals surface area contributed by atoms with Crippen LogP contribution in [-0.4, -0.2) is 27.5 Å². The number of phenols is 1. The molecule has 0 fully saturated rings. The van der Waals surface area contributed by atoms with Crippen LogP contribution >= 0.6 is 0 Å². The summed E-state index contributed by atoms with van der Waals surface area (Å²) in [4.78, 5) is 19.0. The molecule has 0 radical (unpaired) electrons. The highest BCUT2D eigenvalue weighted by molar-refractivity contribution is 5.92. The third-order valence-corrected chi connectivity index (χ3v) is 3.33. The van der Waals surface area contributed by atoms with Crippen molar-refractivity contribution in [1.82, 2.24) is 15.3 Å². The van der Waals surface area contributed by atoms with Gasteiger partial charge >= 0.3 is 0 Å². The van der Waals surface area contributed by atoms with E-state index in [1.807, 2.05) is 12.3 Å². The summed E-state index contributed by atoms with van der Waals surface area (Å²) in [5.74, 6) is 0.0548. The predicted molar refractivity (Wildman–Crippen MR) is 80.2 cm³/mol. The van der Waals surface area contributed by atoms with Crippen LogP contribution in [0.15, 0.2) is 48.8 Å². The van der Waals surface area contributed by atoms with Crippen LogP contribution in [0, 0.1) is 0 Å². The minimum Gasteiger partial charge on any atom is -0.508 e. The first-order valence-electron chi connectivity index (χ1n) is 6.72. The monoisotopic (exact) mass is 281 g/mol. The van der Waals surface area contributed by atoms with Crippen molar-refractivity contribution in [2.24, 2.45) is 0 Å². The highest BCUT2D eigenvalue weighted by Gasteiger charge is 2.07. The van der Waals surface area contributed by atoms with Gasteiger partial charge in [-0.3, -0.25) is 9.78 Å². The Hall–Kier alpha value is -2.82. The normalized spacial score (nSPS) is 10.7. The lowest BCUT2D eigenvalue weighted by atomic mass is 10.1. The maximum atomic E-state index is 11.9. The van der Waals surface area contributed by atoms with Gasteiger partial charge in [-0.25, -0.2) is 0 Å². The summed E-state index contributed by atoms with van der Waals surface area (Å²) in [5, 5.41) is 13.4. The van der Waals surface area contributed by atoms with Crippen molar-refractivity contribution in [2.45, 2.75) is 6.42 Å². The molecule has 0 aliphatic rings. The number of fused-ring (bicyclic) bond motifs is 1. The van der Waals surface area contributed by atoms with E-state index in [0.29, 0.717) is 18.7 Å². The second-order valence-electron chi connectivity index (χ2n) is 4.76. The third-order valence-electron chi connectivity index (χ3n) is 3.33. The molecule has 5 nitrogen and oxygen atoms in total. The fourth-order valence-corrected chi connectivity index (χ4v) is 2.27. The molecule has 3 rings (SSSR count). The molecule has 21 heavy (non-hydrogen) atoms. The van der Waals surface area contributed by atoms with E-state index in [1.165, 1.54) is 0 Å². The zero-order valence-electron chi connectivity index (χ0n) is 11.3. The summed E-state index contributed by atoms with van der Waals surface area (Å²) in [7, 11) is 0. The Kier molecular flexibility index (Phi) is 3.55. The second-order valence-corrected chi connectivity index (χ2v) is 4.76. The van der Waals surface area contributed by atoms with Crippen molar-refractivity contribution in [3.63, 3.8) is 0 Å². The number of phenolic OH excluding ortho intramolecular Hbond substituents is 1. The van der Waals surface area contributed by atoms with Gasteiger partial charge in [0.15, 0.2) is 0 Å². The smallest absolute Gasteiger partial charge is 0.269 e. The first-order valence-corrected chi connectivity index (χ1v) is 6.72. The maximum absolute atomic E-state index is 11.9. The SMILES string of the molecule is O=C(NCCc1c[nH]c2ccc(O)cc12)c1ccccn1. The van der Waals surface area contributed by atoms with E-state index in [-0.39, 0.29) is 11.7 Å². The molecular weight excluding hydrogens is 266 g/mol. The van der Waals surface area contributed by atoms with Gasteiger partial charge in [0.25, 0.3) is 5.91 Å². The molecule has 2 aromatic heterocycles. The first-order chi connectivity index (χ1) is 10.2. The van der Waals surface area contributed by atoms with Crippen molar-refractivity contribution in [3.05, 3.63) is 60.0 Å². The molecule has 0 atom stereocenters. The number of nitrogens with zero attached hydrogens (tertiary/aromatic N) is 1. The largest absolute Gasteiger partial charge is 0.508 e. The summed E-state index contributed by atoms with van der Waals surface area (Å²) in [6, 6.07) is 10.4. The van der Waals surface area contributed by atoms with Gasteiger partial charge < -0.3 is 15.4 Å². The highest BCUT2D eigenvalue weighted by Crippen LogP contribution is 2.22. The fraction of sp³-hybridized carbons (Fsp3) is 0.125. The Balaban J connectivity index is 1.65. The van der Waals surface area contributed by atoms with Crippen LogP contribution in [0.1, 0.15) is 16.1 Å². The number of hydrogen-bond donors (Lipinski definition) is 3. The number of hydrogen-bond acceptors (Lipinski definition) is 3. The molecule has 0 saturated heterocycles. The van der Waals surface area contributed by atoms with Crippen LogP contribution in [0.3, 0.4) is 0 Å². The third kappa shape index (κ3) is 2.86. The highest BCUT2D eigenvalue weighted by atomic mass is 16.3. The van der Waals surface area contributed by atoms with Crippen LogP contribution in [0.2, 0.25) is 0 Å². The summed E-state index contributed by atoms with van der Waals surface area (Å²) >= 11 is 0. The summed E-state index contributed by atoms with van der Waals surface area (Å²) in [6.07, 6.45) is 4.18. The predicted octanol–water partition coefficient (Wildman–Crippen LogP) is 2.24. The van der Waals surface area contributed by atoms with Gasteiger partial charge in [0, 0.05) is 29.8 Å². The minimum atomic E-state index is -0.182. The summed E-state index contributed by atoms with van der Waals surface area (Å²) < 4.78 is 0. The van der Waals surface area contributed by atoms with Gasteiger partial charge in [-0.15, -0.1) is 0 Å². The number of aromatic amines is 1. The molecule has 0 bridgehead atoms. The Morgan fingerprint density at radius 2 is 2.19 bits per heavy atom. The molecule has 0 aliphatic heterocycles. The van der Waals surface area contributed by atoms with Gasteiger partial charge in [0.1, 0.15) is 11.4 Å². The van der Waals surface area contributed by atoms with Crippen molar-refractivity contribution in [3.8, 4) is 5.75 Å². The van der Waals surface area contributed by atoms with Crippen molar-refractivity contribution < 1.29 is 9.90 Å². The molecule has 2 heterocycles. The number of pyridine rings is 1. The summed E-state index contributed by atoms with van der Waals surface area (Å²) in [6.45, 7) is 0.512. The molecule has 1 aromatic carbocycles. The standard InChI is InChI=1S/C16H15N3O2/c20-12-4-5-14-13(9-12)11(10-19-14)6-8-18-16(21)15-3-1-2-7-17-15/h1-5,7,9-10,19-20H,6,8H2,(H,18,21). The molecule has 3 aromatic rings. The first kappa shape index (κ1) is 13.2. The van der Waals surface area contributed by atoms with Crippen molar-refractivity contribution in [2.75, 3.05) is 6.54 Å². The number of carbonyl (C=O) groups excluding carboxylic acids is 1. The lowest BCUT2D eigenvalue weighted by molar-refractivity contribution is 0.0949. The van der Waals surface area contributed by atoms with E-state index in [1.54, 1.807) is 36.5 Å².